The Kier molecular flexibility index (Phi) is 7.04. The Bertz CT molecular complexity index is 1350. The van der Waals surface area contributed by atoms with Crippen LogP contribution in [0.15, 0.2) is 70.2 Å². The summed E-state index contributed by atoms with van der Waals surface area (Å²) in [6.07, 6.45) is 9.03. The Morgan fingerprint density at radius 1 is 1.08 bits per heavy atom. The number of piperidine rings is 1. The number of likely N-dealkylation sites (tertiary alicyclic amines) is 1. The highest BCUT2D eigenvalue weighted by Crippen LogP contribution is 2.44. The van der Waals surface area contributed by atoms with Crippen LogP contribution in [0.2, 0.25) is 0 Å². The molecule has 1 saturated heterocycles. The molecule has 1 atom stereocenters. The van der Waals surface area contributed by atoms with Gasteiger partial charge in [0.1, 0.15) is 5.82 Å². The molecule has 2 aliphatic rings. The van der Waals surface area contributed by atoms with Crippen molar-refractivity contribution in [3.8, 4) is 11.3 Å². The Labute approximate surface area is 225 Å². The van der Waals surface area contributed by atoms with Crippen LogP contribution in [0.5, 0.6) is 0 Å². The molecule has 7 heteroatoms. The molecule has 1 aliphatic carbocycles. The number of anilines is 1. The molecule has 1 N–H and O–H groups in total. The van der Waals surface area contributed by atoms with Crippen molar-refractivity contribution in [2.24, 2.45) is 5.92 Å². The van der Waals surface area contributed by atoms with Crippen LogP contribution in [0.3, 0.4) is 0 Å². The molecule has 36 heavy (non-hydrogen) atoms. The lowest BCUT2D eigenvalue weighted by atomic mass is 9.97. The van der Waals surface area contributed by atoms with E-state index in [0.29, 0.717) is 11.8 Å². The molecule has 1 aliphatic heterocycles. The monoisotopic (exact) mass is 561 g/mol. The predicted octanol–water partition coefficient (Wildman–Crippen LogP) is 7.08. The molecule has 0 spiro atoms. The van der Waals surface area contributed by atoms with Crippen molar-refractivity contribution < 1.29 is 0 Å². The Hall–Kier alpha value is -2.35. The molecular weight excluding hydrogens is 530 g/mol. The smallest absolute Gasteiger partial charge is 0.172 e. The molecule has 186 valence electrons. The van der Waals surface area contributed by atoms with E-state index in [1.807, 2.05) is 10.7 Å². The minimum Gasteiger partial charge on any atom is -0.370 e. The van der Waals surface area contributed by atoms with Crippen molar-refractivity contribution in [1.82, 2.24) is 19.5 Å². The number of aromatic nitrogens is 3. The molecule has 3 heterocycles. The molecule has 1 saturated carbocycles. The second-order valence-corrected chi connectivity index (χ2v) is 11.8. The van der Waals surface area contributed by atoms with Crippen LogP contribution in [-0.4, -0.2) is 45.4 Å². The molecular formula is C29H32BrN5S. The van der Waals surface area contributed by atoms with E-state index >= 15 is 0 Å². The number of benzene rings is 2. The number of nitrogens with zero attached hydrogens (tertiary/aromatic N) is 4. The zero-order valence-electron chi connectivity index (χ0n) is 20.7. The van der Waals surface area contributed by atoms with Gasteiger partial charge in [-0.15, -0.1) is 11.8 Å². The number of fused-ring (bicyclic) bond motifs is 1. The number of rotatable bonds is 8. The van der Waals surface area contributed by atoms with E-state index in [0.717, 1.165) is 41.3 Å². The van der Waals surface area contributed by atoms with E-state index < -0.39 is 0 Å². The van der Waals surface area contributed by atoms with E-state index in [9.17, 15) is 0 Å². The third-order valence-electron chi connectivity index (χ3n) is 7.42. The second-order valence-electron chi connectivity index (χ2n) is 10.1. The summed E-state index contributed by atoms with van der Waals surface area (Å²) in [7, 11) is 0. The summed E-state index contributed by atoms with van der Waals surface area (Å²) in [6, 6.07) is 20.0. The highest BCUT2D eigenvalue weighted by atomic mass is 79.9. The number of hydrogen-bond donors (Lipinski definition) is 1. The number of thioether (sulfide) groups is 1. The zero-order valence-corrected chi connectivity index (χ0v) is 23.1. The standard InChI is InChI=1S/C29H32BrN5S/c1-36-23-12-8-20(9-13-23)18-34-14-4-5-21(19-34)16-31-28-15-27(33-29-26(30)17-32-35(28)29)25-7-3-2-6-24(25)22-10-11-22/h2-3,6-9,12-13,15,17,21-22,31H,4-5,10-11,14,16,18-19H2,1H3. The van der Waals surface area contributed by atoms with Gasteiger partial charge in [0.15, 0.2) is 5.65 Å². The minimum atomic E-state index is 0.605. The molecule has 1 unspecified atom stereocenters. The summed E-state index contributed by atoms with van der Waals surface area (Å²) in [5, 5.41) is 8.36. The van der Waals surface area contributed by atoms with Crippen LogP contribution < -0.4 is 5.32 Å². The zero-order chi connectivity index (χ0) is 24.5. The lowest BCUT2D eigenvalue weighted by molar-refractivity contribution is 0.173. The maximum absolute atomic E-state index is 5.01. The largest absolute Gasteiger partial charge is 0.370 e. The van der Waals surface area contributed by atoms with Gasteiger partial charge in [-0.05, 0) is 89.5 Å². The average molecular weight is 563 g/mol. The van der Waals surface area contributed by atoms with Gasteiger partial charge < -0.3 is 5.32 Å². The molecule has 4 aromatic rings. The normalized spacial score (nSPS) is 18.6. The first-order valence-corrected chi connectivity index (χ1v) is 14.9. The fourth-order valence-electron chi connectivity index (χ4n) is 5.38. The lowest BCUT2D eigenvalue weighted by Gasteiger charge is -2.33. The van der Waals surface area contributed by atoms with Crippen LogP contribution in [0.4, 0.5) is 5.82 Å². The summed E-state index contributed by atoms with van der Waals surface area (Å²) >= 11 is 5.46. The summed E-state index contributed by atoms with van der Waals surface area (Å²) in [6.45, 7) is 4.25. The highest BCUT2D eigenvalue weighted by molar-refractivity contribution is 9.10. The molecule has 2 aromatic heterocycles. The molecule has 2 aromatic carbocycles. The number of nitrogens with one attached hydrogen (secondary N) is 1. The summed E-state index contributed by atoms with van der Waals surface area (Å²) in [4.78, 5) is 8.94. The van der Waals surface area contributed by atoms with E-state index in [1.54, 1.807) is 11.8 Å². The molecule has 0 bridgehead atoms. The Balaban J connectivity index is 1.19. The molecule has 0 amide bonds. The topological polar surface area (TPSA) is 45.5 Å². The Morgan fingerprint density at radius 3 is 2.72 bits per heavy atom. The third kappa shape index (κ3) is 5.20. The Morgan fingerprint density at radius 2 is 1.92 bits per heavy atom. The summed E-state index contributed by atoms with van der Waals surface area (Å²) in [5.41, 5.74) is 5.95. The maximum atomic E-state index is 5.01. The van der Waals surface area contributed by atoms with Crippen LogP contribution >= 0.6 is 27.7 Å². The van der Waals surface area contributed by atoms with E-state index in [1.165, 1.54) is 53.8 Å². The van der Waals surface area contributed by atoms with Gasteiger partial charge in [-0.1, -0.05) is 36.4 Å². The molecule has 0 radical (unpaired) electrons. The number of halogens is 1. The van der Waals surface area contributed by atoms with E-state index in [4.69, 9.17) is 4.98 Å². The first-order chi connectivity index (χ1) is 17.7. The van der Waals surface area contributed by atoms with E-state index in [-0.39, 0.29) is 0 Å². The van der Waals surface area contributed by atoms with Gasteiger partial charge in [0.2, 0.25) is 0 Å². The lowest BCUT2D eigenvalue weighted by Crippen LogP contribution is -2.37. The first-order valence-electron chi connectivity index (χ1n) is 12.9. The molecule has 5 nitrogen and oxygen atoms in total. The fraction of sp³-hybridized carbons (Fsp3) is 0.379. The van der Waals surface area contributed by atoms with Crippen LogP contribution in [-0.2, 0) is 6.54 Å². The van der Waals surface area contributed by atoms with Crippen LogP contribution in [0.1, 0.15) is 42.7 Å². The first kappa shape index (κ1) is 24.0. The predicted molar refractivity (Wildman–Crippen MR) is 153 cm³/mol. The molecule has 6 rings (SSSR count). The van der Waals surface area contributed by atoms with Gasteiger partial charge >= 0.3 is 0 Å². The van der Waals surface area contributed by atoms with Gasteiger partial charge in [0.05, 0.1) is 16.4 Å². The quantitative estimate of drug-likeness (QED) is 0.233. The van der Waals surface area contributed by atoms with Crippen LogP contribution in [0.25, 0.3) is 16.9 Å². The van der Waals surface area contributed by atoms with Crippen molar-refractivity contribution in [2.45, 2.75) is 43.0 Å². The van der Waals surface area contributed by atoms with Gasteiger partial charge in [0.25, 0.3) is 0 Å². The van der Waals surface area contributed by atoms with Crippen molar-refractivity contribution >= 4 is 39.2 Å². The minimum absolute atomic E-state index is 0.605. The average Bonchev–Trinajstić information content (AvgIpc) is 3.70. The fourth-order valence-corrected chi connectivity index (χ4v) is 6.14. The summed E-state index contributed by atoms with van der Waals surface area (Å²) in [5.74, 6) is 2.29. The van der Waals surface area contributed by atoms with Gasteiger partial charge in [-0.3, -0.25) is 4.90 Å². The van der Waals surface area contributed by atoms with Crippen molar-refractivity contribution in [2.75, 3.05) is 31.2 Å². The highest BCUT2D eigenvalue weighted by Gasteiger charge is 2.27. The van der Waals surface area contributed by atoms with Crippen molar-refractivity contribution in [1.29, 1.82) is 0 Å². The van der Waals surface area contributed by atoms with E-state index in [2.05, 4.69) is 92.1 Å². The van der Waals surface area contributed by atoms with Gasteiger partial charge in [0, 0.05) is 36.2 Å². The van der Waals surface area contributed by atoms with Crippen molar-refractivity contribution in [3.63, 3.8) is 0 Å². The molecule has 2 fully saturated rings. The second kappa shape index (κ2) is 10.6. The van der Waals surface area contributed by atoms with Crippen LogP contribution in [0, 0.1) is 5.92 Å². The number of hydrogen-bond acceptors (Lipinski definition) is 5. The van der Waals surface area contributed by atoms with Gasteiger partial charge in [-0.2, -0.15) is 9.61 Å². The SMILES string of the molecule is CSc1ccc(CN2CCCC(CNc3cc(-c4ccccc4C4CC4)nc4c(Br)cnn34)C2)cc1. The van der Waals surface area contributed by atoms with Crippen molar-refractivity contribution in [3.05, 3.63) is 76.4 Å². The third-order valence-corrected chi connectivity index (χ3v) is 8.73. The summed E-state index contributed by atoms with van der Waals surface area (Å²) < 4.78 is 2.86. The van der Waals surface area contributed by atoms with Gasteiger partial charge in [-0.25, -0.2) is 4.98 Å². The maximum Gasteiger partial charge on any atom is 0.172 e.